The minimum Gasteiger partial charge on any atom is -0.298 e. The summed E-state index contributed by atoms with van der Waals surface area (Å²) in [4.78, 5) is 2.45. The Bertz CT molecular complexity index is 156. The third-order valence-corrected chi connectivity index (χ3v) is 3.06. The van der Waals surface area contributed by atoms with Crippen LogP contribution in [0.1, 0.15) is 40.5 Å². The molecule has 78 valence electrons. The van der Waals surface area contributed by atoms with E-state index >= 15 is 0 Å². The van der Waals surface area contributed by atoms with E-state index in [0.29, 0.717) is 18.0 Å². The van der Waals surface area contributed by atoms with E-state index in [9.17, 15) is 4.39 Å². The van der Waals surface area contributed by atoms with E-state index in [2.05, 4.69) is 32.6 Å². The number of rotatable bonds is 2. The highest BCUT2D eigenvalue weighted by atomic mass is 19.1. The molecule has 2 heteroatoms. The Labute approximate surface area is 81.3 Å². The predicted octanol–water partition coefficient (Wildman–Crippen LogP) is 2.85. The second kappa shape index (κ2) is 4.41. The van der Waals surface area contributed by atoms with Gasteiger partial charge in [0.05, 0.1) is 0 Å². The number of alkyl halides is 1. The molecule has 0 bridgehead atoms. The van der Waals surface area contributed by atoms with Gasteiger partial charge in [-0.3, -0.25) is 4.90 Å². The Hall–Kier alpha value is -0.110. The van der Waals surface area contributed by atoms with Crippen molar-refractivity contribution < 1.29 is 4.39 Å². The van der Waals surface area contributed by atoms with Gasteiger partial charge in [-0.15, -0.1) is 0 Å². The van der Waals surface area contributed by atoms with Crippen LogP contribution in [0.5, 0.6) is 0 Å². The minimum absolute atomic E-state index is 0.448. The van der Waals surface area contributed by atoms with Gasteiger partial charge >= 0.3 is 0 Å². The largest absolute Gasteiger partial charge is 0.298 e. The molecule has 1 saturated heterocycles. The van der Waals surface area contributed by atoms with Crippen LogP contribution in [0, 0.1) is 5.92 Å². The van der Waals surface area contributed by atoms with Crippen molar-refractivity contribution in [2.45, 2.75) is 58.8 Å². The first-order valence-corrected chi connectivity index (χ1v) is 5.42. The Morgan fingerprint density at radius 3 is 2.31 bits per heavy atom. The van der Waals surface area contributed by atoms with E-state index in [1.54, 1.807) is 0 Å². The first-order valence-electron chi connectivity index (χ1n) is 5.42. The molecule has 1 aliphatic heterocycles. The van der Waals surface area contributed by atoms with Crippen LogP contribution in [0.4, 0.5) is 4.39 Å². The maximum absolute atomic E-state index is 13.2. The van der Waals surface area contributed by atoms with Crippen molar-refractivity contribution in [2.75, 3.05) is 6.54 Å². The molecule has 0 radical (unpaired) electrons. The van der Waals surface area contributed by atoms with Gasteiger partial charge < -0.3 is 0 Å². The fraction of sp³-hybridized carbons (Fsp3) is 1.00. The van der Waals surface area contributed by atoms with E-state index in [4.69, 9.17) is 0 Å². The molecule has 0 unspecified atom stereocenters. The van der Waals surface area contributed by atoms with Gasteiger partial charge in [0.25, 0.3) is 0 Å². The zero-order valence-electron chi connectivity index (χ0n) is 9.26. The zero-order chi connectivity index (χ0) is 10.0. The molecule has 1 heterocycles. The standard InChI is InChI=1S/C11H22FN/c1-8(2)11-7-10(12)5-6-13(11)9(3)4/h8-11H,5-7H2,1-4H3/t10-,11+/m0/s1. The molecular weight excluding hydrogens is 165 g/mol. The molecule has 0 amide bonds. The smallest absolute Gasteiger partial charge is 0.103 e. The summed E-state index contributed by atoms with van der Waals surface area (Å²) >= 11 is 0. The Balaban J connectivity index is 2.60. The van der Waals surface area contributed by atoms with Crippen molar-refractivity contribution in [2.24, 2.45) is 5.92 Å². The van der Waals surface area contributed by atoms with E-state index in [1.807, 2.05) is 0 Å². The lowest BCUT2D eigenvalue weighted by Crippen LogP contribution is -2.49. The summed E-state index contributed by atoms with van der Waals surface area (Å²) in [6, 6.07) is 1.00. The molecule has 0 aromatic rings. The summed E-state index contributed by atoms with van der Waals surface area (Å²) in [6.07, 6.45) is 0.888. The summed E-state index contributed by atoms with van der Waals surface area (Å²) in [6.45, 7) is 9.72. The lowest BCUT2D eigenvalue weighted by Gasteiger charge is -2.42. The Morgan fingerprint density at radius 1 is 1.23 bits per heavy atom. The zero-order valence-corrected chi connectivity index (χ0v) is 9.26. The van der Waals surface area contributed by atoms with Crippen molar-refractivity contribution in [3.05, 3.63) is 0 Å². The van der Waals surface area contributed by atoms with Crippen molar-refractivity contribution in [3.63, 3.8) is 0 Å². The molecule has 0 saturated carbocycles. The highest BCUT2D eigenvalue weighted by Gasteiger charge is 2.31. The van der Waals surface area contributed by atoms with E-state index in [1.165, 1.54) is 0 Å². The van der Waals surface area contributed by atoms with Gasteiger partial charge in [0, 0.05) is 18.6 Å². The average Bonchev–Trinajstić information content (AvgIpc) is 2.03. The van der Waals surface area contributed by atoms with Gasteiger partial charge in [-0.25, -0.2) is 4.39 Å². The second-order valence-electron chi connectivity index (χ2n) is 4.76. The molecule has 13 heavy (non-hydrogen) atoms. The molecule has 2 atom stereocenters. The van der Waals surface area contributed by atoms with Crippen LogP contribution < -0.4 is 0 Å². The summed E-state index contributed by atoms with van der Waals surface area (Å²) < 4.78 is 13.2. The van der Waals surface area contributed by atoms with Crippen molar-refractivity contribution in [1.29, 1.82) is 0 Å². The van der Waals surface area contributed by atoms with Crippen molar-refractivity contribution >= 4 is 0 Å². The fourth-order valence-corrected chi connectivity index (χ4v) is 2.27. The minimum atomic E-state index is -0.567. The van der Waals surface area contributed by atoms with E-state index in [0.717, 1.165) is 19.4 Å². The van der Waals surface area contributed by atoms with Crippen molar-refractivity contribution in [1.82, 2.24) is 4.90 Å². The highest BCUT2D eigenvalue weighted by molar-refractivity contribution is 4.85. The number of nitrogens with zero attached hydrogens (tertiary/aromatic N) is 1. The first kappa shape index (κ1) is 11.0. The van der Waals surface area contributed by atoms with Crippen LogP contribution in [-0.2, 0) is 0 Å². The number of halogens is 1. The number of hydrogen-bond donors (Lipinski definition) is 0. The molecule has 0 aliphatic carbocycles. The van der Waals surface area contributed by atoms with Crippen molar-refractivity contribution in [3.8, 4) is 0 Å². The molecule has 0 N–H and O–H groups in total. The lowest BCUT2D eigenvalue weighted by molar-refractivity contribution is 0.0407. The van der Waals surface area contributed by atoms with Crippen LogP contribution in [-0.4, -0.2) is 29.7 Å². The van der Waals surface area contributed by atoms with Crippen LogP contribution in [0.2, 0.25) is 0 Å². The highest BCUT2D eigenvalue weighted by Crippen LogP contribution is 2.26. The van der Waals surface area contributed by atoms with Crippen LogP contribution >= 0.6 is 0 Å². The molecule has 0 spiro atoms. The normalized spacial score (nSPS) is 31.6. The predicted molar refractivity (Wildman–Crippen MR) is 54.6 cm³/mol. The summed E-state index contributed by atoms with van der Waals surface area (Å²) in [5, 5.41) is 0. The molecule has 0 aromatic heterocycles. The summed E-state index contributed by atoms with van der Waals surface area (Å²) in [7, 11) is 0. The number of piperidine rings is 1. The Morgan fingerprint density at radius 2 is 1.85 bits per heavy atom. The fourth-order valence-electron chi connectivity index (χ4n) is 2.27. The number of likely N-dealkylation sites (tertiary alicyclic amines) is 1. The second-order valence-corrected chi connectivity index (χ2v) is 4.76. The van der Waals surface area contributed by atoms with Crippen LogP contribution in [0.25, 0.3) is 0 Å². The lowest BCUT2D eigenvalue weighted by atomic mass is 9.90. The molecule has 1 aliphatic rings. The molecular formula is C11H22FN. The van der Waals surface area contributed by atoms with Gasteiger partial charge in [0.1, 0.15) is 6.17 Å². The molecule has 1 nitrogen and oxygen atoms in total. The first-order chi connectivity index (χ1) is 6.02. The summed E-state index contributed by atoms with van der Waals surface area (Å²) in [5.41, 5.74) is 0. The third kappa shape index (κ3) is 2.67. The van der Waals surface area contributed by atoms with Gasteiger partial charge in [-0.1, -0.05) is 13.8 Å². The Kier molecular flexibility index (Phi) is 3.72. The van der Waals surface area contributed by atoms with Gasteiger partial charge in [-0.05, 0) is 32.6 Å². The van der Waals surface area contributed by atoms with E-state index in [-0.39, 0.29) is 0 Å². The third-order valence-electron chi connectivity index (χ3n) is 3.06. The van der Waals surface area contributed by atoms with Crippen LogP contribution in [0.15, 0.2) is 0 Å². The monoisotopic (exact) mass is 187 g/mol. The molecule has 1 rings (SSSR count). The van der Waals surface area contributed by atoms with Gasteiger partial charge in [-0.2, -0.15) is 0 Å². The van der Waals surface area contributed by atoms with Gasteiger partial charge in [0.15, 0.2) is 0 Å². The van der Waals surface area contributed by atoms with E-state index < -0.39 is 6.17 Å². The molecule has 1 fully saturated rings. The average molecular weight is 187 g/mol. The molecule has 0 aromatic carbocycles. The van der Waals surface area contributed by atoms with Crippen LogP contribution in [0.3, 0.4) is 0 Å². The topological polar surface area (TPSA) is 3.24 Å². The quantitative estimate of drug-likeness (QED) is 0.642. The SMILES string of the molecule is CC(C)[C@H]1C[C@@H](F)CCN1C(C)C. The number of hydrogen-bond acceptors (Lipinski definition) is 1. The maximum Gasteiger partial charge on any atom is 0.103 e. The maximum atomic E-state index is 13.2. The summed E-state index contributed by atoms with van der Waals surface area (Å²) in [5.74, 6) is 0.570. The van der Waals surface area contributed by atoms with Gasteiger partial charge in [0.2, 0.25) is 0 Å².